The third kappa shape index (κ3) is 3.02. The maximum atomic E-state index is 13.7. The Kier molecular flexibility index (Phi) is 4.14. The van der Waals surface area contributed by atoms with Gasteiger partial charge in [0, 0.05) is 11.6 Å². The topological polar surface area (TPSA) is 26.0 Å². The van der Waals surface area contributed by atoms with Crippen molar-refractivity contribution in [2.24, 2.45) is 5.73 Å². The van der Waals surface area contributed by atoms with E-state index in [-0.39, 0.29) is 5.56 Å². The summed E-state index contributed by atoms with van der Waals surface area (Å²) in [4.78, 5) is 0. The van der Waals surface area contributed by atoms with E-state index in [9.17, 15) is 13.2 Å². The van der Waals surface area contributed by atoms with Crippen LogP contribution in [-0.2, 0) is 6.42 Å². The third-order valence-corrected chi connectivity index (χ3v) is 3.20. The molecule has 0 heterocycles. The fraction of sp³-hybridized carbons (Fsp3) is 0.250. The summed E-state index contributed by atoms with van der Waals surface area (Å²) in [5.41, 5.74) is 9.01. The molecule has 0 aromatic heterocycles. The van der Waals surface area contributed by atoms with Crippen molar-refractivity contribution in [3.05, 3.63) is 70.0 Å². The molecule has 2 aromatic carbocycles. The van der Waals surface area contributed by atoms with Crippen LogP contribution in [0.2, 0.25) is 0 Å². The highest BCUT2D eigenvalue weighted by Crippen LogP contribution is 2.23. The lowest BCUT2D eigenvalue weighted by Gasteiger charge is -2.14. The van der Waals surface area contributed by atoms with Gasteiger partial charge in [0.05, 0.1) is 0 Å². The van der Waals surface area contributed by atoms with Crippen LogP contribution in [0.1, 0.15) is 28.3 Å². The number of nitrogens with two attached hydrogens (primary N) is 1. The van der Waals surface area contributed by atoms with E-state index in [0.29, 0.717) is 6.42 Å². The van der Waals surface area contributed by atoms with Gasteiger partial charge < -0.3 is 5.73 Å². The number of rotatable bonds is 3. The van der Waals surface area contributed by atoms with E-state index < -0.39 is 23.5 Å². The lowest BCUT2D eigenvalue weighted by Crippen LogP contribution is -2.16. The Hall–Kier alpha value is -1.81. The zero-order valence-electron chi connectivity index (χ0n) is 11.4. The molecular weight excluding hydrogens is 263 g/mol. The van der Waals surface area contributed by atoms with E-state index >= 15 is 0 Å². The third-order valence-electron chi connectivity index (χ3n) is 3.20. The van der Waals surface area contributed by atoms with Crippen LogP contribution >= 0.6 is 0 Å². The molecule has 0 spiro atoms. The molecule has 1 unspecified atom stereocenters. The first-order chi connectivity index (χ1) is 9.38. The summed E-state index contributed by atoms with van der Waals surface area (Å²) in [6.07, 6.45) is 0.366. The van der Waals surface area contributed by atoms with Crippen molar-refractivity contribution in [2.45, 2.75) is 26.3 Å². The molecule has 4 heteroatoms. The first-order valence-corrected chi connectivity index (χ1v) is 6.34. The molecule has 0 amide bonds. The minimum absolute atomic E-state index is 0.0111. The van der Waals surface area contributed by atoms with Crippen LogP contribution in [0.5, 0.6) is 0 Å². The highest BCUT2D eigenvalue weighted by atomic mass is 19.2. The Morgan fingerprint density at radius 1 is 0.950 bits per heavy atom. The highest BCUT2D eigenvalue weighted by Gasteiger charge is 2.18. The van der Waals surface area contributed by atoms with E-state index in [0.717, 1.165) is 22.8 Å². The number of hydrogen-bond acceptors (Lipinski definition) is 1. The summed E-state index contributed by atoms with van der Waals surface area (Å²) in [5.74, 6) is -3.88. The van der Waals surface area contributed by atoms with Crippen LogP contribution in [0.3, 0.4) is 0 Å². The molecule has 0 saturated heterocycles. The molecule has 2 aromatic rings. The van der Waals surface area contributed by atoms with E-state index in [4.69, 9.17) is 5.73 Å². The molecule has 0 aliphatic rings. The molecule has 20 heavy (non-hydrogen) atoms. The molecule has 0 aliphatic heterocycles. The molecule has 0 fully saturated rings. The van der Waals surface area contributed by atoms with Crippen LogP contribution in [0.15, 0.2) is 30.3 Å². The Bertz CT molecular complexity index is 618. The van der Waals surface area contributed by atoms with Gasteiger partial charge in [-0.25, -0.2) is 13.2 Å². The molecule has 0 aliphatic carbocycles. The van der Waals surface area contributed by atoms with Gasteiger partial charge in [-0.1, -0.05) is 35.4 Å². The van der Waals surface area contributed by atoms with Crippen LogP contribution in [0.4, 0.5) is 13.2 Å². The van der Waals surface area contributed by atoms with E-state index in [1.807, 2.05) is 32.0 Å². The van der Waals surface area contributed by atoms with Gasteiger partial charge in [-0.15, -0.1) is 0 Å². The summed E-state index contributed by atoms with van der Waals surface area (Å²) in [6, 6.07) is 7.30. The van der Waals surface area contributed by atoms with E-state index in [1.165, 1.54) is 6.07 Å². The first-order valence-electron chi connectivity index (χ1n) is 6.34. The second-order valence-electron chi connectivity index (χ2n) is 5.07. The van der Waals surface area contributed by atoms with Gasteiger partial charge in [0.25, 0.3) is 0 Å². The zero-order chi connectivity index (χ0) is 14.9. The summed E-state index contributed by atoms with van der Waals surface area (Å²) in [7, 11) is 0. The predicted octanol–water partition coefficient (Wildman–Crippen LogP) is 3.96. The summed E-state index contributed by atoms with van der Waals surface area (Å²) >= 11 is 0. The number of benzene rings is 2. The van der Waals surface area contributed by atoms with Gasteiger partial charge in [-0.2, -0.15) is 0 Å². The lowest BCUT2D eigenvalue weighted by molar-refractivity contribution is 0.435. The Morgan fingerprint density at radius 3 is 2.15 bits per heavy atom. The molecule has 2 N–H and O–H groups in total. The van der Waals surface area contributed by atoms with E-state index in [2.05, 4.69) is 0 Å². The molecular formula is C16H16F3N. The van der Waals surface area contributed by atoms with Crippen molar-refractivity contribution >= 4 is 0 Å². The van der Waals surface area contributed by atoms with Crippen molar-refractivity contribution in [1.29, 1.82) is 0 Å². The van der Waals surface area contributed by atoms with Crippen LogP contribution in [0.25, 0.3) is 0 Å². The largest absolute Gasteiger partial charge is 0.324 e. The average Bonchev–Trinajstić information content (AvgIpc) is 2.34. The van der Waals surface area contributed by atoms with Gasteiger partial charge in [-0.3, -0.25) is 0 Å². The standard InChI is InChI=1S/C16H16F3N/c1-9-5-10(2)7-11(6-9)8-14(20)12-3-4-13(17)16(19)15(12)18/h3-7,14H,8,20H2,1-2H3. The maximum Gasteiger partial charge on any atom is 0.194 e. The zero-order valence-corrected chi connectivity index (χ0v) is 11.4. The molecule has 0 saturated carbocycles. The summed E-state index contributed by atoms with van der Waals surface area (Å²) in [5, 5.41) is 0. The van der Waals surface area contributed by atoms with Crippen molar-refractivity contribution in [2.75, 3.05) is 0 Å². The fourth-order valence-corrected chi connectivity index (χ4v) is 2.38. The second-order valence-corrected chi connectivity index (χ2v) is 5.07. The lowest BCUT2D eigenvalue weighted by atomic mass is 9.96. The fourth-order valence-electron chi connectivity index (χ4n) is 2.38. The molecule has 1 nitrogen and oxygen atoms in total. The van der Waals surface area contributed by atoms with Gasteiger partial charge in [0.15, 0.2) is 17.5 Å². The van der Waals surface area contributed by atoms with Gasteiger partial charge in [-0.05, 0) is 31.9 Å². The number of halogens is 3. The molecule has 0 radical (unpaired) electrons. The molecule has 0 bridgehead atoms. The van der Waals surface area contributed by atoms with Crippen molar-refractivity contribution in [3.63, 3.8) is 0 Å². The average molecular weight is 279 g/mol. The normalized spacial score (nSPS) is 12.5. The highest BCUT2D eigenvalue weighted by molar-refractivity contribution is 5.31. The SMILES string of the molecule is Cc1cc(C)cc(CC(N)c2ccc(F)c(F)c2F)c1. The smallest absolute Gasteiger partial charge is 0.194 e. The number of hydrogen-bond donors (Lipinski definition) is 1. The molecule has 2 rings (SSSR count). The Balaban J connectivity index is 2.28. The molecule has 106 valence electrons. The van der Waals surface area contributed by atoms with Gasteiger partial charge in [0.2, 0.25) is 0 Å². The second kappa shape index (κ2) is 5.67. The quantitative estimate of drug-likeness (QED) is 0.845. The summed E-state index contributed by atoms with van der Waals surface area (Å²) in [6.45, 7) is 3.92. The monoisotopic (exact) mass is 279 g/mol. The van der Waals surface area contributed by atoms with Crippen molar-refractivity contribution in [3.8, 4) is 0 Å². The van der Waals surface area contributed by atoms with Crippen molar-refractivity contribution < 1.29 is 13.2 Å². The van der Waals surface area contributed by atoms with Crippen LogP contribution in [0, 0.1) is 31.3 Å². The molecule has 1 atom stereocenters. The van der Waals surface area contributed by atoms with Gasteiger partial charge >= 0.3 is 0 Å². The predicted molar refractivity (Wildman–Crippen MR) is 72.9 cm³/mol. The van der Waals surface area contributed by atoms with Crippen LogP contribution < -0.4 is 5.73 Å². The minimum Gasteiger partial charge on any atom is -0.324 e. The summed E-state index contributed by atoms with van der Waals surface area (Å²) < 4.78 is 39.8. The van der Waals surface area contributed by atoms with E-state index in [1.54, 1.807) is 0 Å². The Morgan fingerprint density at radius 2 is 1.55 bits per heavy atom. The first kappa shape index (κ1) is 14.6. The maximum absolute atomic E-state index is 13.7. The Labute approximate surface area is 116 Å². The minimum atomic E-state index is -1.47. The number of aryl methyl sites for hydroxylation is 2. The van der Waals surface area contributed by atoms with Gasteiger partial charge in [0.1, 0.15) is 0 Å². The van der Waals surface area contributed by atoms with Crippen molar-refractivity contribution in [1.82, 2.24) is 0 Å². The van der Waals surface area contributed by atoms with Crippen LogP contribution in [-0.4, -0.2) is 0 Å².